The van der Waals surface area contributed by atoms with Crippen molar-refractivity contribution in [1.29, 1.82) is 0 Å². The highest BCUT2D eigenvalue weighted by Gasteiger charge is 2.35. The van der Waals surface area contributed by atoms with E-state index in [1.54, 1.807) is 0 Å². The van der Waals surface area contributed by atoms with Crippen LogP contribution in [0, 0.1) is 0 Å². The number of nitrogens with two attached hydrogens (primary N) is 1. The minimum Gasteiger partial charge on any atom is -0.366 e. The molecule has 0 atom stereocenters. The molecule has 0 spiro atoms. The quantitative estimate of drug-likeness (QED) is 0.632. The zero-order chi connectivity index (χ0) is 10.1. The number of primary amides is 1. The molecule has 1 amide bonds. The molecule has 1 rings (SSSR count). The average molecular weight is 192 g/mol. The molecule has 0 fully saturated rings. The Balaban J connectivity index is 2.85. The van der Waals surface area contributed by atoms with Gasteiger partial charge in [-0.3, -0.25) is 9.69 Å². The van der Waals surface area contributed by atoms with Gasteiger partial charge in [0.15, 0.2) is 0 Å². The van der Waals surface area contributed by atoms with Gasteiger partial charge in [0.1, 0.15) is 0 Å². The van der Waals surface area contributed by atoms with Crippen LogP contribution in [0.5, 0.6) is 0 Å². The number of halogens is 3. The van der Waals surface area contributed by atoms with Crippen molar-refractivity contribution in [3.63, 3.8) is 0 Å². The van der Waals surface area contributed by atoms with Crippen LogP contribution in [-0.4, -0.2) is 17.1 Å². The summed E-state index contributed by atoms with van der Waals surface area (Å²) >= 11 is 0. The van der Waals surface area contributed by atoms with E-state index < -0.39 is 12.2 Å². The predicted octanol–water partition coefficient (Wildman–Crippen LogP) is 1.09. The smallest absolute Gasteiger partial charge is 0.366 e. The third-order valence-corrected chi connectivity index (χ3v) is 1.51. The number of hydrogen-bond donors (Lipinski definition) is 1. The van der Waals surface area contributed by atoms with E-state index in [4.69, 9.17) is 5.73 Å². The minimum absolute atomic E-state index is 0.00338. The standard InChI is InChI=1S/C7H7F3N2O/c8-7(9,10)12-3-1-2-5(4-12)6(11)13/h1,3-4H,2H2,(H2,11,13). The Hall–Kier alpha value is -1.46. The third kappa shape index (κ3) is 2.24. The van der Waals surface area contributed by atoms with Gasteiger partial charge in [-0.1, -0.05) is 6.08 Å². The maximum absolute atomic E-state index is 12.1. The van der Waals surface area contributed by atoms with Gasteiger partial charge in [-0.25, -0.2) is 0 Å². The van der Waals surface area contributed by atoms with Gasteiger partial charge in [0.25, 0.3) is 0 Å². The normalized spacial score (nSPS) is 17.2. The average Bonchev–Trinajstić information content (AvgIpc) is 2.03. The van der Waals surface area contributed by atoms with Gasteiger partial charge in [-0.2, -0.15) is 0 Å². The third-order valence-electron chi connectivity index (χ3n) is 1.51. The molecule has 1 aliphatic heterocycles. The topological polar surface area (TPSA) is 46.3 Å². The summed E-state index contributed by atoms with van der Waals surface area (Å²) in [7, 11) is 0. The Labute approximate surface area is 72.3 Å². The highest BCUT2D eigenvalue weighted by molar-refractivity contribution is 5.92. The van der Waals surface area contributed by atoms with Gasteiger partial charge in [0, 0.05) is 18.0 Å². The van der Waals surface area contributed by atoms with Crippen LogP contribution in [0.1, 0.15) is 6.42 Å². The summed E-state index contributed by atoms with van der Waals surface area (Å²) < 4.78 is 36.2. The summed E-state index contributed by atoms with van der Waals surface area (Å²) in [6.45, 7) is 0. The van der Waals surface area contributed by atoms with Gasteiger partial charge >= 0.3 is 6.30 Å². The first-order chi connectivity index (χ1) is 5.91. The maximum Gasteiger partial charge on any atom is 0.488 e. The van der Waals surface area contributed by atoms with Gasteiger partial charge in [-0.05, 0) is 6.42 Å². The van der Waals surface area contributed by atoms with Gasteiger partial charge < -0.3 is 5.73 Å². The lowest BCUT2D eigenvalue weighted by Gasteiger charge is -2.22. The second kappa shape index (κ2) is 3.12. The zero-order valence-corrected chi connectivity index (χ0v) is 6.51. The number of allylic oxidation sites excluding steroid dienone is 1. The molecule has 1 heterocycles. The summed E-state index contributed by atoms with van der Waals surface area (Å²) in [6, 6.07) is 0. The van der Waals surface area contributed by atoms with Crippen molar-refractivity contribution < 1.29 is 18.0 Å². The van der Waals surface area contributed by atoms with Crippen LogP contribution in [-0.2, 0) is 4.79 Å². The first kappa shape index (κ1) is 9.63. The highest BCUT2D eigenvalue weighted by atomic mass is 19.4. The van der Waals surface area contributed by atoms with Crippen LogP contribution in [0.15, 0.2) is 24.0 Å². The van der Waals surface area contributed by atoms with Crippen molar-refractivity contribution in [2.75, 3.05) is 0 Å². The number of amides is 1. The number of carbonyl (C=O) groups is 1. The van der Waals surface area contributed by atoms with Crippen LogP contribution in [0.25, 0.3) is 0 Å². The lowest BCUT2D eigenvalue weighted by molar-refractivity contribution is -0.211. The Morgan fingerprint density at radius 3 is 2.62 bits per heavy atom. The lowest BCUT2D eigenvalue weighted by atomic mass is 10.1. The Morgan fingerprint density at radius 2 is 2.15 bits per heavy atom. The molecule has 0 unspecified atom stereocenters. The van der Waals surface area contributed by atoms with E-state index in [0.717, 1.165) is 6.20 Å². The largest absolute Gasteiger partial charge is 0.488 e. The Morgan fingerprint density at radius 1 is 1.54 bits per heavy atom. The molecular weight excluding hydrogens is 185 g/mol. The van der Waals surface area contributed by atoms with E-state index in [-0.39, 0.29) is 16.9 Å². The van der Waals surface area contributed by atoms with Gasteiger partial charge in [-0.15, -0.1) is 13.2 Å². The van der Waals surface area contributed by atoms with Crippen molar-refractivity contribution >= 4 is 5.91 Å². The molecule has 72 valence electrons. The number of rotatable bonds is 1. The predicted molar refractivity (Wildman–Crippen MR) is 38.9 cm³/mol. The van der Waals surface area contributed by atoms with Crippen molar-refractivity contribution in [1.82, 2.24) is 4.90 Å². The van der Waals surface area contributed by atoms with E-state index >= 15 is 0 Å². The Kier molecular flexibility index (Phi) is 2.31. The molecule has 0 saturated carbocycles. The molecule has 0 aromatic heterocycles. The van der Waals surface area contributed by atoms with Crippen LogP contribution < -0.4 is 5.73 Å². The molecule has 13 heavy (non-hydrogen) atoms. The molecule has 0 saturated heterocycles. The highest BCUT2D eigenvalue weighted by Crippen LogP contribution is 2.25. The minimum atomic E-state index is -4.50. The molecule has 0 bridgehead atoms. The first-order valence-electron chi connectivity index (χ1n) is 3.43. The fraction of sp³-hybridized carbons (Fsp3) is 0.286. The summed E-state index contributed by atoms with van der Waals surface area (Å²) in [6.07, 6.45) is -1.58. The number of alkyl halides is 3. The number of hydrogen-bond acceptors (Lipinski definition) is 2. The molecular formula is C7H7F3N2O. The molecule has 0 aliphatic carbocycles. The van der Waals surface area contributed by atoms with Crippen molar-refractivity contribution in [2.24, 2.45) is 5.73 Å². The maximum atomic E-state index is 12.1. The molecule has 0 radical (unpaired) electrons. The SMILES string of the molecule is NC(=O)C1=CN(C(F)(F)F)C=CC1. The van der Waals surface area contributed by atoms with Crippen LogP contribution >= 0.6 is 0 Å². The second-order valence-corrected chi connectivity index (χ2v) is 2.48. The van der Waals surface area contributed by atoms with Gasteiger partial charge in [0.2, 0.25) is 5.91 Å². The number of carbonyl (C=O) groups excluding carboxylic acids is 1. The van der Waals surface area contributed by atoms with Gasteiger partial charge in [0.05, 0.1) is 0 Å². The number of nitrogens with zero attached hydrogens (tertiary/aromatic N) is 1. The Bertz CT molecular complexity index is 280. The molecule has 0 aromatic carbocycles. The molecule has 0 aromatic rings. The van der Waals surface area contributed by atoms with Crippen molar-refractivity contribution in [3.8, 4) is 0 Å². The van der Waals surface area contributed by atoms with Crippen molar-refractivity contribution in [2.45, 2.75) is 12.7 Å². The molecule has 6 heteroatoms. The van der Waals surface area contributed by atoms with E-state index in [1.807, 2.05) is 0 Å². The molecule has 1 aliphatic rings. The van der Waals surface area contributed by atoms with Crippen LogP contribution in [0.4, 0.5) is 13.2 Å². The van der Waals surface area contributed by atoms with E-state index in [2.05, 4.69) is 0 Å². The fourth-order valence-corrected chi connectivity index (χ4v) is 0.879. The second-order valence-electron chi connectivity index (χ2n) is 2.48. The summed E-state index contributed by atoms with van der Waals surface area (Å²) in [5.74, 6) is -0.835. The first-order valence-corrected chi connectivity index (χ1v) is 3.43. The summed E-state index contributed by atoms with van der Waals surface area (Å²) in [4.78, 5) is 10.5. The summed E-state index contributed by atoms with van der Waals surface area (Å²) in [5, 5.41) is 0. The zero-order valence-electron chi connectivity index (χ0n) is 6.51. The van der Waals surface area contributed by atoms with E-state index in [1.165, 1.54) is 6.08 Å². The summed E-state index contributed by atoms with van der Waals surface area (Å²) in [5.41, 5.74) is 4.78. The van der Waals surface area contributed by atoms with E-state index in [9.17, 15) is 18.0 Å². The molecule has 2 N–H and O–H groups in total. The molecule has 3 nitrogen and oxygen atoms in total. The van der Waals surface area contributed by atoms with Crippen molar-refractivity contribution in [3.05, 3.63) is 24.0 Å². The fourth-order valence-electron chi connectivity index (χ4n) is 0.879. The van der Waals surface area contributed by atoms with E-state index in [0.29, 0.717) is 6.20 Å². The van der Waals surface area contributed by atoms with Crippen LogP contribution in [0.2, 0.25) is 0 Å². The van der Waals surface area contributed by atoms with Crippen LogP contribution in [0.3, 0.4) is 0 Å². The monoisotopic (exact) mass is 192 g/mol. The lowest BCUT2D eigenvalue weighted by Crippen LogP contribution is -2.31.